The average molecular weight is 356 g/mol. The molecule has 3 amide bonds. The molecule has 0 radical (unpaired) electrons. The summed E-state index contributed by atoms with van der Waals surface area (Å²) in [5.74, 6) is 1.38. The van der Waals surface area contributed by atoms with E-state index in [1.807, 2.05) is 4.90 Å². The molecule has 0 aromatic heterocycles. The maximum Gasteiger partial charge on any atom is 0.224 e. The number of carbonyl (C=O) groups excluding carboxylic acids is 3. The summed E-state index contributed by atoms with van der Waals surface area (Å²) in [6.45, 7) is 3.42. The lowest BCUT2D eigenvalue weighted by Gasteiger charge is -2.32. The van der Waals surface area contributed by atoms with Crippen LogP contribution in [0.2, 0.25) is 0 Å². The van der Waals surface area contributed by atoms with Gasteiger partial charge in [-0.3, -0.25) is 14.4 Å². The second kappa shape index (κ2) is 9.91. The van der Waals surface area contributed by atoms with Crippen LogP contribution in [0.3, 0.4) is 0 Å². The summed E-state index contributed by atoms with van der Waals surface area (Å²) in [7, 11) is 0. The first-order chi connectivity index (χ1) is 11.6. The van der Waals surface area contributed by atoms with Crippen molar-refractivity contribution in [2.24, 2.45) is 5.92 Å². The fourth-order valence-corrected chi connectivity index (χ4v) is 3.74. The fourth-order valence-electron chi connectivity index (χ4n) is 3.31. The normalized spacial score (nSPS) is 21.5. The molecule has 0 bridgehead atoms. The van der Waals surface area contributed by atoms with E-state index in [1.54, 1.807) is 16.7 Å². The highest BCUT2D eigenvalue weighted by Crippen LogP contribution is 2.18. The second-order valence-electron chi connectivity index (χ2n) is 6.55. The van der Waals surface area contributed by atoms with Gasteiger partial charge in [0, 0.05) is 45.6 Å². The molecule has 7 heteroatoms. The molecule has 2 saturated heterocycles. The Morgan fingerprint density at radius 1 is 1.17 bits per heavy atom. The first-order valence-corrected chi connectivity index (χ1v) is 10.3. The number of likely N-dealkylation sites (tertiary alicyclic amines) is 2. The van der Waals surface area contributed by atoms with Gasteiger partial charge in [-0.05, 0) is 37.7 Å². The predicted octanol–water partition coefficient (Wildman–Crippen LogP) is 1.11. The molecule has 24 heavy (non-hydrogen) atoms. The van der Waals surface area contributed by atoms with Crippen LogP contribution in [0.25, 0.3) is 0 Å². The Hall–Kier alpha value is -1.24. The van der Waals surface area contributed by atoms with Crippen LogP contribution < -0.4 is 5.32 Å². The van der Waals surface area contributed by atoms with Gasteiger partial charge >= 0.3 is 0 Å². The van der Waals surface area contributed by atoms with E-state index in [0.717, 1.165) is 31.6 Å². The van der Waals surface area contributed by atoms with Crippen LogP contribution in [0.4, 0.5) is 0 Å². The van der Waals surface area contributed by atoms with Crippen molar-refractivity contribution in [2.75, 3.05) is 44.7 Å². The Labute approximate surface area is 148 Å². The molecule has 0 unspecified atom stereocenters. The first kappa shape index (κ1) is 19.1. The third kappa shape index (κ3) is 5.69. The number of thioether (sulfide) groups is 1. The standard InChI is InChI=1S/C17H29N3O3S/c1-24-12-3-8-18-17(23)14-6-7-16(22)20(13-14)11-4-10-19-9-2-5-15(19)21/h14H,2-13H2,1H3,(H,18,23)/t14-/m0/s1. The molecule has 2 heterocycles. The van der Waals surface area contributed by atoms with Crippen LogP contribution in [0.15, 0.2) is 0 Å². The molecular formula is C17H29N3O3S. The Bertz CT molecular complexity index is 458. The van der Waals surface area contributed by atoms with Crippen molar-refractivity contribution in [1.82, 2.24) is 15.1 Å². The van der Waals surface area contributed by atoms with Crippen molar-refractivity contribution in [3.05, 3.63) is 0 Å². The predicted molar refractivity (Wildman–Crippen MR) is 95.7 cm³/mol. The molecule has 2 rings (SSSR count). The van der Waals surface area contributed by atoms with E-state index in [-0.39, 0.29) is 23.6 Å². The van der Waals surface area contributed by atoms with Crippen molar-refractivity contribution in [1.29, 1.82) is 0 Å². The van der Waals surface area contributed by atoms with E-state index in [0.29, 0.717) is 45.4 Å². The van der Waals surface area contributed by atoms with E-state index >= 15 is 0 Å². The SMILES string of the molecule is CSCCCNC(=O)[C@H]1CCC(=O)N(CCCN2CCCC2=O)C1. The van der Waals surface area contributed by atoms with Crippen molar-refractivity contribution in [2.45, 2.75) is 38.5 Å². The number of nitrogens with one attached hydrogen (secondary N) is 1. The number of amides is 3. The van der Waals surface area contributed by atoms with Crippen molar-refractivity contribution >= 4 is 29.5 Å². The molecule has 2 fully saturated rings. The molecule has 1 atom stereocenters. The van der Waals surface area contributed by atoms with Crippen LogP contribution in [-0.2, 0) is 14.4 Å². The number of carbonyl (C=O) groups is 3. The topological polar surface area (TPSA) is 69.7 Å². The van der Waals surface area contributed by atoms with Gasteiger partial charge in [0.2, 0.25) is 17.7 Å². The zero-order chi connectivity index (χ0) is 17.4. The van der Waals surface area contributed by atoms with Crippen LogP contribution >= 0.6 is 11.8 Å². The number of hydrogen-bond acceptors (Lipinski definition) is 4. The van der Waals surface area contributed by atoms with E-state index in [1.165, 1.54) is 0 Å². The quantitative estimate of drug-likeness (QED) is 0.629. The Balaban J connectivity index is 1.70. The maximum absolute atomic E-state index is 12.2. The van der Waals surface area contributed by atoms with E-state index < -0.39 is 0 Å². The average Bonchev–Trinajstić information content (AvgIpc) is 2.98. The molecule has 0 aromatic carbocycles. The Morgan fingerprint density at radius 3 is 2.62 bits per heavy atom. The van der Waals surface area contributed by atoms with E-state index in [4.69, 9.17) is 0 Å². The van der Waals surface area contributed by atoms with Gasteiger partial charge in [-0.1, -0.05) is 0 Å². The van der Waals surface area contributed by atoms with E-state index in [9.17, 15) is 14.4 Å². The maximum atomic E-state index is 12.2. The molecule has 2 aliphatic rings. The molecule has 0 spiro atoms. The van der Waals surface area contributed by atoms with Gasteiger partial charge in [0.05, 0.1) is 5.92 Å². The lowest BCUT2D eigenvalue weighted by molar-refractivity contribution is -0.138. The highest BCUT2D eigenvalue weighted by atomic mass is 32.2. The second-order valence-corrected chi connectivity index (χ2v) is 7.54. The molecule has 136 valence electrons. The summed E-state index contributed by atoms with van der Waals surface area (Å²) in [6.07, 6.45) is 6.52. The summed E-state index contributed by atoms with van der Waals surface area (Å²) in [4.78, 5) is 39.6. The molecule has 0 aromatic rings. The van der Waals surface area contributed by atoms with Gasteiger partial charge in [-0.2, -0.15) is 11.8 Å². The van der Waals surface area contributed by atoms with Crippen molar-refractivity contribution in [3.8, 4) is 0 Å². The highest BCUT2D eigenvalue weighted by Gasteiger charge is 2.30. The van der Waals surface area contributed by atoms with Crippen LogP contribution in [0.5, 0.6) is 0 Å². The monoisotopic (exact) mass is 355 g/mol. The fraction of sp³-hybridized carbons (Fsp3) is 0.824. The van der Waals surface area contributed by atoms with Gasteiger partial charge in [0.25, 0.3) is 0 Å². The number of nitrogens with zero attached hydrogens (tertiary/aromatic N) is 2. The third-order valence-corrected chi connectivity index (χ3v) is 5.42. The molecular weight excluding hydrogens is 326 g/mol. The first-order valence-electron chi connectivity index (χ1n) is 8.94. The van der Waals surface area contributed by atoms with Gasteiger partial charge in [-0.15, -0.1) is 0 Å². The minimum atomic E-state index is -0.0922. The van der Waals surface area contributed by atoms with Gasteiger partial charge in [0.1, 0.15) is 0 Å². The van der Waals surface area contributed by atoms with E-state index in [2.05, 4.69) is 11.6 Å². The summed E-state index contributed by atoms with van der Waals surface area (Å²) >= 11 is 1.78. The van der Waals surface area contributed by atoms with Crippen molar-refractivity contribution < 1.29 is 14.4 Å². The molecule has 0 aliphatic carbocycles. The largest absolute Gasteiger partial charge is 0.356 e. The summed E-state index contributed by atoms with van der Waals surface area (Å²) in [5, 5.41) is 2.99. The number of piperidine rings is 1. The lowest BCUT2D eigenvalue weighted by atomic mass is 9.96. The lowest BCUT2D eigenvalue weighted by Crippen LogP contribution is -2.46. The Morgan fingerprint density at radius 2 is 1.92 bits per heavy atom. The highest BCUT2D eigenvalue weighted by molar-refractivity contribution is 7.98. The van der Waals surface area contributed by atoms with Gasteiger partial charge < -0.3 is 15.1 Å². The number of hydrogen-bond donors (Lipinski definition) is 1. The zero-order valence-corrected chi connectivity index (χ0v) is 15.4. The van der Waals surface area contributed by atoms with Gasteiger partial charge in [0.15, 0.2) is 0 Å². The minimum absolute atomic E-state index is 0.0725. The number of rotatable bonds is 9. The summed E-state index contributed by atoms with van der Waals surface area (Å²) in [6, 6.07) is 0. The third-order valence-electron chi connectivity index (χ3n) is 4.72. The van der Waals surface area contributed by atoms with Crippen LogP contribution in [0.1, 0.15) is 38.5 Å². The van der Waals surface area contributed by atoms with Gasteiger partial charge in [-0.25, -0.2) is 0 Å². The Kier molecular flexibility index (Phi) is 7.88. The summed E-state index contributed by atoms with van der Waals surface area (Å²) in [5.41, 5.74) is 0. The van der Waals surface area contributed by atoms with Crippen LogP contribution in [-0.4, -0.2) is 72.3 Å². The van der Waals surface area contributed by atoms with Crippen LogP contribution in [0, 0.1) is 5.92 Å². The zero-order valence-electron chi connectivity index (χ0n) is 14.6. The summed E-state index contributed by atoms with van der Waals surface area (Å²) < 4.78 is 0. The minimum Gasteiger partial charge on any atom is -0.356 e. The molecule has 1 N–H and O–H groups in total. The molecule has 2 aliphatic heterocycles. The molecule has 6 nitrogen and oxygen atoms in total. The smallest absolute Gasteiger partial charge is 0.224 e. The van der Waals surface area contributed by atoms with Crippen molar-refractivity contribution in [3.63, 3.8) is 0 Å². The molecule has 0 saturated carbocycles.